The number of hydrogen-bond donors (Lipinski definition) is 1. The van der Waals surface area contributed by atoms with Gasteiger partial charge in [0, 0.05) is 36.8 Å². The summed E-state index contributed by atoms with van der Waals surface area (Å²) in [5.74, 6) is 1.69. The third-order valence-corrected chi connectivity index (χ3v) is 5.96. The van der Waals surface area contributed by atoms with Crippen molar-refractivity contribution < 1.29 is 14.2 Å². The molecule has 2 aromatic rings. The minimum absolute atomic E-state index is 0.0603. The zero-order chi connectivity index (χ0) is 16.4. The summed E-state index contributed by atoms with van der Waals surface area (Å²) in [7, 11) is 0. The smallest absolute Gasteiger partial charge is 0.231 e. The number of ether oxygens (including phenoxy) is 3. The van der Waals surface area contributed by atoms with E-state index in [-0.39, 0.29) is 11.5 Å². The molecule has 1 atom stereocenters. The maximum atomic E-state index is 5.62. The molecule has 1 fully saturated rings. The van der Waals surface area contributed by atoms with E-state index >= 15 is 0 Å². The molecule has 0 amide bonds. The van der Waals surface area contributed by atoms with E-state index in [9.17, 15) is 0 Å². The van der Waals surface area contributed by atoms with Crippen LogP contribution < -0.4 is 14.8 Å². The first-order chi connectivity index (χ1) is 11.8. The monoisotopic (exact) mass is 346 g/mol. The number of nitrogens with one attached hydrogen (secondary N) is 1. The van der Waals surface area contributed by atoms with Crippen LogP contribution in [0.1, 0.15) is 36.4 Å². The van der Waals surface area contributed by atoms with Crippen LogP contribution in [0.3, 0.4) is 0 Å². The molecule has 0 bridgehead atoms. The molecule has 24 heavy (non-hydrogen) atoms. The van der Waals surface area contributed by atoms with Crippen molar-refractivity contribution in [2.75, 3.05) is 26.6 Å². The van der Waals surface area contributed by atoms with E-state index in [1.807, 2.05) is 17.6 Å². The van der Waals surface area contributed by atoms with Gasteiger partial charge >= 0.3 is 0 Å². The molecule has 4 rings (SSSR count). The Labute approximate surface area is 146 Å². The van der Waals surface area contributed by atoms with Gasteiger partial charge in [0.1, 0.15) is 5.01 Å². The molecule has 1 aromatic heterocycles. The molecule has 5 nitrogen and oxygen atoms in total. The lowest BCUT2D eigenvalue weighted by molar-refractivity contribution is 0.0489. The Morgan fingerprint density at radius 1 is 1.25 bits per heavy atom. The summed E-state index contributed by atoms with van der Waals surface area (Å²) in [6.45, 7) is 4.97. The fourth-order valence-electron chi connectivity index (χ4n) is 3.44. The lowest BCUT2D eigenvalue weighted by Gasteiger charge is -2.38. The quantitative estimate of drug-likeness (QED) is 0.900. The highest BCUT2D eigenvalue weighted by Crippen LogP contribution is 2.40. The Morgan fingerprint density at radius 3 is 2.88 bits per heavy atom. The van der Waals surface area contributed by atoms with Gasteiger partial charge in [0.25, 0.3) is 0 Å². The number of aromatic nitrogens is 1. The zero-order valence-corrected chi connectivity index (χ0v) is 14.6. The SMILES string of the molecule is C[C@H](NCC1(c2ccc3c(c2)OCO3)CCOCC1)c1nccs1. The van der Waals surface area contributed by atoms with Gasteiger partial charge in [-0.1, -0.05) is 6.07 Å². The van der Waals surface area contributed by atoms with E-state index < -0.39 is 0 Å². The second-order valence-corrected chi connectivity index (χ2v) is 7.36. The summed E-state index contributed by atoms with van der Waals surface area (Å²) >= 11 is 1.69. The third kappa shape index (κ3) is 3.01. The number of fused-ring (bicyclic) bond motifs is 1. The van der Waals surface area contributed by atoms with Crippen molar-refractivity contribution in [1.29, 1.82) is 0 Å². The van der Waals surface area contributed by atoms with Crippen LogP contribution in [0.5, 0.6) is 11.5 Å². The Kier molecular flexibility index (Phi) is 4.43. The van der Waals surface area contributed by atoms with Crippen molar-refractivity contribution in [2.45, 2.75) is 31.2 Å². The van der Waals surface area contributed by atoms with Crippen LogP contribution in [-0.4, -0.2) is 31.5 Å². The van der Waals surface area contributed by atoms with Crippen LogP contribution in [0.15, 0.2) is 29.8 Å². The fourth-order valence-corrected chi connectivity index (χ4v) is 4.11. The van der Waals surface area contributed by atoms with Gasteiger partial charge in [0.15, 0.2) is 11.5 Å². The van der Waals surface area contributed by atoms with E-state index in [1.54, 1.807) is 11.3 Å². The summed E-state index contributed by atoms with van der Waals surface area (Å²) < 4.78 is 16.7. The number of nitrogens with zero attached hydrogens (tertiary/aromatic N) is 1. The average Bonchev–Trinajstić information content (AvgIpc) is 3.31. The molecule has 1 saturated heterocycles. The summed E-state index contributed by atoms with van der Waals surface area (Å²) in [4.78, 5) is 4.42. The molecule has 2 aliphatic heterocycles. The first-order valence-corrected chi connectivity index (χ1v) is 9.25. The highest BCUT2D eigenvalue weighted by atomic mass is 32.1. The summed E-state index contributed by atoms with van der Waals surface area (Å²) in [5.41, 5.74) is 1.36. The highest BCUT2D eigenvalue weighted by Gasteiger charge is 2.36. The van der Waals surface area contributed by atoms with Crippen LogP contribution >= 0.6 is 11.3 Å². The van der Waals surface area contributed by atoms with Gasteiger partial charge in [-0.05, 0) is 37.5 Å². The number of hydrogen-bond acceptors (Lipinski definition) is 6. The van der Waals surface area contributed by atoms with Crippen molar-refractivity contribution in [3.05, 3.63) is 40.3 Å². The average molecular weight is 346 g/mol. The largest absolute Gasteiger partial charge is 0.454 e. The maximum Gasteiger partial charge on any atom is 0.231 e. The van der Waals surface area contributed by atoms with Crippen LogP contribution in [0.2, 0.25) is 0 Å². The molecule has 6 heteroatoms. The van der Waals surface area contributed by atoms with Gasteiger partial charge in [-0.15, -0.1) is 11.3 Å². The molecule has 0 radical (unpaired) electrons. The Balaban J connectivity index is 1.56. The molecule has 0 aliphatic carbocycles. The van der Waals surface area contributed by atoms with Crippen LogP contribution in [0.25, 0.3) is 0 Å². The van der Waals surface area contributed by atoms with Gasteiger partial charge < -0.3 is 19.5 Å². The zero-order valence-electron chi connectivity index (χ0n) is 13.8. The summed E-state index contributed by atoms with van der Waals surface area (Å²) in [6.07, 6.45) is 3.87. The summed E-state index contributed by atoms with van der Waals surface area (Å²) in [6, 6.07) is 6.59. The van der Waals surface area contributed by atoms with E-state index in [1.165, 1.54) is 5.56 Å². The molecule has 2 aliphatic rings. The van der Waals surface area contributed by atoms with Gasteiger partial charge in [0.2, 0.25) is 6.79 Å². The number of thiazole rings is 1. The van der Waals surface area contributed by atoms with Crippen LogP contribution in [-0.2, 0) is 10.2 Å². The molecular formula is C18H22N2O3S. The molecular weight excluding hydrogens is 324 g/mol. The van der Waals surface area contributed by atoms with E-state index in [0.717, 1.165) is 49.1 Å². The minimum atomic E-state index is 0.0603. The molecule has 0 saturated carbocycles. The van der Waals surface area contributed by atoms with Crippen molar-refractivity contribution >= 4 is 11.3 Å². The minimum Gasteiger partial charge on any atom is -0.454 e. The molecule has 0 spiro atoms. The Bertz CT molecular complexity index is 684. The van der Waals surface area contributed by atoms with Crippen molar-refractivity contribution in [3.8, 4) is 11.5 Å². The molecule has 1 N–H and O–H groups in total. The van der Waals surface area contributed by atoms with Gasteiger partial charge in [0.05, 0.1) is 6.04 Å². The number of benzene rings is 1. The highest BCUT2D eigenvalue weighted by molar-refractivity contribution is 7.09. The van der Waals surface area contributed by atoms with E-state index in [2.05, 4.69) is 29.4 Å². The summed E-state index contributed by atoms with van der Waals surface area (Å²) in [5, 5.41) is 6.83. The molecule has 3 heterocycles. The Hall–Kier alpha value is -1.63. The maximum absolute atomic E-state index is 5.62. The lowest BCUT2D eigenvalue weighted by atomic mass is 9.74. The third-order valence-electron chi connectivity index (χ3n) is 5.00. The van der Waals surface area contributed by atoms with Gasteiger partial charge in [-0.2, -0.15) is 0 Å². The van der Waals surface area contributed by atoms with Crippen LogP contribution in [0, 0.1) is 0 Å². The molecule has 0 unspecified atom stereocenters. The standard InChI is InChI=1S/C18H22N2O3S/c1-13(17-19-6-9-24-17)20-11-18(4-7-21-8-5-18)14-2-3-15-16(10-14)23-12-22-15/h2-3,6,9-10,13,20H,4-5,7-8,11-12H2,1H3/t13-/m0/s1. The van der Waals surface area contributed by atoms with Gasteiger partial charge in [-0.25, -0.2) is 4.98 Å². The van der Waals surface area contributed by atoms with E-state index in [4.69, 9.17) is 14.2 Å². The van der Waals surface area contributed by atoms with Gasteiger partial charge in [-0.3, -0.25) is 0 Å². The second kappa shape index (κ2) is 6.70. The first kappa shape index (κ1) is 15.9. The lowest BCUT2D eigenvalue weighted by Crippen LogP contribution is -2.43. The predicted octanol–water partition coefficient (Wildman–Crippen LogP) is 3.27. The second-order valence-electron chi connectivity index (χ2n) is 6.43. The normalized spacial score (nSPS) is 20.0. The topological polar surface area (TPSA) is 52.6 Å². The van der Waals surface area contributed by atoms with Crippen LogP contribution in [0.4, 0.5) is 0 Å². The molecule has 1 aromatic carbocycles. The Morgan fingerprint density at radius 2 is 2.08 bits per heavy atom. The van der Waals surface area contributed by atoms with E-state index in [0.29, 0.717) is 6.79 Å². The predicted molar refractivity (Wildman–Crippen MR) is 92.8 cm³/mol. The molecule has 128 valence electrons. The van der Waals surface area contributed by atoms with Crippen molar-refractivity contribution in [2.24, 2.45) is 0 Å². The van der Waals surface area contributed by atoms with Crippen molar-refractivity contribution in [1.82, 2.24) is 10.3 Å². The first-order valence-electron chi connectivity index (χ1n) is 8.37. The van der Waals surface area contributed by atoms with Crippen molar-refractivity contribution in [3.63, 3.8) is 0 Å². The fraction of sp³-hybridized carbons (Fsp3) is 0.500. The number of rotatable bonds is 5.